The van der Waals surface area contributed by atoms with Crippen LogP contribution < -0.4 is 5.32 Å². The Morgan fingerprint density at radius 2 is 0.921 bits per heavy atom. The summed E-state index contributed by atoms with van der Waals surface area (Å²) in [5.41, 5.74) is 0. The molecule has 0 bridgehead atoms. The van der Waals surface area contributed by atoms with E-state index in [0.29, 0.717) is 12.8 Å². The van der Waals surface area contributed by atoms with Crippen LogP contribution in [0.2, 0.25) is 0 Å². The van der Waals surface area contributed by atoms with Gasteiger partial charge >= 0.3 is 0 Å². The van der Waals surface area contributed by atoms with Crippen LogP contribution in [0, 0.1) is 0 Å². The molecule has 0 radical (unpaired) electrons. The Hall–Kier alpha value is -2.77. The van der Waals surface area contributed by atoms with Crippen LogP contribution in [0.3, 0.4) is 0 Å². The number of ether oxygens (including phenoxy) is 6. The van der Waals surface area contributed by atoms with Crippen molar-refractivity contribution in [3.8, 4) is 0 Å². The summed E-state index contributed by atoms with van der Waals surface area (Å²) in [6.45, 7) is 1.52. The van der Waals surface area contributed by atoms with Crippen molar-refractivity contribution in [2.24, 2.45) is 0 Å². The van der Waals surface area contributed by atoms with E-state index in [4.69, 9.17) is 28.4 Å². The summed E-state index contributed by atoms with van der Waals surface area (Å²) in [6, 6.07) is -0.999. The summed E-state index contributed by atoms with van der Waals surface area (Å²) >= 11 is 0. The zero-order chi connectivity index (χ0) is 55.5. The third kappa shape index (κ3) is 24.7. The molecule has 19 heteroatoms. The molecule has 19 nitrogen and oxygen atoms in total. The number of aliphatic hydroxyl groups excluding tert-OH is 11. The van der Waals surface area contributed by atoms with Gasteiger partial charge in [-0.2, -0.15) is 0 Å². The molecule has 3 heterocycles. The molecule has 17 unspecified atom stereocenters. The highest BCUT2D eigenvalue weighted by Crippen LogP contribution is 2.33. The zero-order valence-corrected chi connectivity index (χ0v) is 45.2. The highest BCUT2D eigenvalue weighted by Gasteiger charge is 2.53. The highest BCUT2D eigenvalue weighted by molar-refractivity contribution is 5.76. The normalized spacial score (nSPS) is 31.5. The van der Waals surface area contributed by atoms with Crippen molar-refractivity contribution in [2.45, 2.75) is 253 Å². The van der Waals surface area contributed by atoms with Gasteiger partial charge in [-0.05, 0) is 70.6 Å². The third-order valence-electron chi connectivity index (χ3n) is 13.7. The first-order valence-electron chi connectivity index (χ1n) is 28.2. The number of hydrogen-bond donors (Lipinski definition) is 12. The Balaban J connectivity index is 1.53. The molecule has 0 aromatic carbocycles. The van der Waals surface area contributed by atoms with E-state index in [0.717, 1.165) is 83.5 Å². The lowest BCUT2D eigenvalue weighted by Gasteiger charge is -2.48. The van der Waals surface area contributed by atoms with Crippen LogP contribution >= 0.6 is 0 Å². The lowest BCUT2D eigenvalue weighted by Crippen LogP contribution is -2.66. The third-order valence-corrected chi connectivity index (χ3v) is 13.7. The molecule has 0 saturated carbocycles. The summed E-state index contributed by atoms with van der Waals surface area (Å²) in [5, 5.41) is 120. The fourth-order valence-corrected chi connectivity index (χ4v) is 9.08. The topological polar surface area (TPSA) is 307 Å². The molecule has 0 aliphatic carbocycles. The maximum absolute atomic E-state index is 13.3. The molecule has 76 heavy (non-hydrogen) atoms. The summed E-state index contributed by atoms with van der Waals surface area (Å²) in [5.74, 6) is -0.305. The van der Waals surface area contributed by atoms with Gasteiger partial charge in [-0.3, -0.25) is 4.79 Å². The number of hydrogen-bond acceptors (Lipinski definition) is 18. The largest absolute Gasteiger partial charge is 0.394 e. The Bertz CT molecular complexity index is 1670. The SMILES string of the molecule is CC/C=C\C/C=C\C/C=C\C/C=C\CCCCCCCCC(=O)NC(COC1OC(CO)C(OC2OC(CO)C(OC3OC(CO)C(O)C(O)C3O)C(O)C2O)C(O)C1O)C(O)/C=C/CC/C=C/CCCCCCCC. The van der Waals surface area contributed by atoms with Crippen LogP contribution in [0.5, 0.6) is 0 Å². The van der Waals surface area contributed by atoms with E-state index in [2.05, 4.69) is 79.9 Å². The number of carbonyl (C=O) groups is 1. The number of unbranched alkanes of at least 4 members (excludes halogenated alkanes) is 13. The van der Waals surface area contributed by atoms with E-state index in [-0.39, 0.29) is 18.9 Å². The van der Waals surface area contributed by atoms with Crippen LogP contribution in [0.1, 0.15) is 149 Å². The molecule has 3 fully saturated rings. The quantitative estimate of drug-likeness (QED) is 0.0307. The maximum atomic E-state index is 13.3. The first-order chi connectivity index (χ1) is 36.8. The van der Waals surface area contributed by atoms with Crippen LogP contribution in [-0.2, 0) is 33.2 Å². The molecule has 3 aliphatic rings. The fraction of sp³-hybridized carbons (Fsp3) is 0.772. The van der Waals surface area contributed by atoms with Crippen molar-refractivity contribution in [2.75, 3.05) is 26.4 Å². The molecule has 438 valence electrons. The van der Waals surface area contributed by atoms with E-state index < -0.39 is 124 Å². The van der Waals surface area contributed by atoms with Crippen LogP contribution in [0.25, 0.3) is 0 Å². The summed E-state index contributed by atoms with van der Waals surface area (Å²) in [4.78, 5) is 13.3. The van der Waals surface area contributed by atoms with E-state index in [1.54, 1.807) is 6.08 Å². The van der Waals surface area contributed by atoms with Crippen LogP contribution in [0.15, 0.2) is 72.9 Å². The smallest absolute Gasteiger partial charge is 0.220 e. The minimum absolute atomic E-state index is 0.215. The van der Waals surface area contributed by atoms with Crippen molar-refractivity contribution in [3.05, 3.63) is 72.9 Å². The maximum Gasteiger partial charge on any atom is 0.220 e. The minimum atomic E-state index is -1.98. The first-order valence-corrected chi connectivity index (χ1v) is 28.2. The zero-order valence-electron chi connectivity index (χ0n) is 45.2. The minimum Gasteiger partial charge on any atom is -0.394 e. The van der Waals surface area contributed by atoms with Crippen molar-refractivity contribution < 1.29 is 89.4 Å². The number of allylic oxidation sites excluding steroid dienone is 11. The molecular formula is C57H97NO18. The van der Waals surface area contributed by atoms with Gasteiger partial charge in [-0.15, -0.1) is 0 Å². The Labute approximate surface area is 451 Å². The molecule has 0 aromatic heterocycles. The first kappa shape index (κ1) is 67.5. The number of rotatable bonds is 39. The number of amides is 1. The van der Waals surface area contributed by atoms with Gasteiger partial charge in [-0.25, -0.2) is 0 Å². The average Bonchev–Trinajstić information content (AvgIpc) is 3.42. The van der Waals surface area contributed by atoms with E-state index in [9.17, 15) is 61.0 Å². The standard InChI is InChI=1S/C57H97NO18/c1-3-5-7-9-11-13-15-17-18-19-20-21-22-23-25-27-29-31-33-35-45(63)58-40(41(62)34-32-30-28-26-24-16-14-12-10-8-6-4-2)39-71-55-51(69)48(66)53(43(37-60)73-55)76-57-52(70)49(67)54(44(38-61)74-57)75-56-50(68)47(65)46(64)42(36-59)72-56/h5,7,11,13,17-18,20-21,24,26,32,34,40-44,46-57,59-62,64-70H,3-4,6,8-10,12,14-16,19,22-23,25,27-31,33,35-39H2,1-2H3,(H,58,63)/b7-5-,13-11-,18-17-,21-20-,26-24+,34-32+. The monoisotopic (exact) mass is 1080 g/mol. The molecule has 1 amide bonds. The van der Waals surface area contributed by atoms with E-state index in [1.807, 2.05) is 6.08 Å². The van der Waals surface area contributed by atoms with Gasteiger partial charge in [0.2, 0.25) is 5.91 Å². The van der Waals surface area contributed by atoms with Crippen molar-refractivity contribution in [1.82, 2.24) is 5.32 Å². The molecule has 3 saturated heterocycles. The highest BCUT2D eigenvalue weighted by atomic mass is 16.8. The van der Waals surface area contributed by atoms with Crippen molar-refractivity contribution in [3.63, 3.8) is 0 Å². The second-order valence-electron chi connectivity index (χ2n) is 20.0. The van der Waals surface area contributed by atoms with Crippen LogP contribution in [0.4, 0.5) is 0 Å². The summed E-state index contributed by atoms with van der Waals surface area (Å²) in [6.07, 6.45) is 18.9. The predicted octanol–water partition coefficient (Wildman–Crippen LogP) is 3.87. The number of aliphatic hydroxyl groups is 11. The van der Waals surface area contributed by atoms with Gasteiger partial charge in [0.05, 0.1) is 38.6 Å². The lowest BCUT2D eigenvalue weighted by molar-refractivity contribution is -0.379. The van der Waals surface area contributed by atoms with Gasteiger partial charge in [0.1, 0.15) is 73.2 Å². The number of nitrogens with one attached hydrogen (secondary N) is 1. The van der Waals surface area contributed by atoms with Gasteiger partial charge < -0.3 is 89.9 Å². The van der Waals surface area contributed by atoms with E-state index >= 15 is 0 Å². The van der Waals surface area contributed by atoms with Crippen molar-refractivity contribution in [1.29, 1.82) is 0 Å². The lowest BCUT2D eigenvalue weighted by atomic mass is 9.96. The van der Waals surface area contributed by atoms with Gasteiger partial charge in [-0.1, -0.05) is 145 Å². The average molecular weight is 1080 g/mol. The van der Waals surface area contributed by atoms with Gasteiger partial charge in [0, 0.05) is 6.42 Å². The van der Waals surface area contributed by atoms with Crippen molar-refractivity contribution >= 4 is 5.91 Å². The molecule has 17 atom stereocenters. The fourth-order valence-electron chi connectivity index (χ4n) is 9.08. The second kappa shape index (κ2) is 40.4. The molecule has 3 rings (SSSR count). The second-order valence-corrected chi connectivity index (χ2v) is 20.0. The number of carbonyl (C=O) groups excluding carboxylic acids is 1. The molecule has 12 N–H and O–H groups in total. The molecule has 0 aromatic rings. The summed E-state index contributed by atoms with van der Waals surface area (Å²) < 4.78 is 34.1. The Kier molecular flexibility index (Phi) is 35.9. The predicted molar refractivity (Wildman–Crippen MR) is 286 cm³/mol. The molecule has 0 spiro atoms. The summed E-state index contributed by atoms with van der Waals surface area (Å²) in [7, 11) is 0. The van der Waals surface area contributed by atoms with Gasteiger partial charge in [0.25, 0.3) is 0 Å². The molecular weight excluding hydrogens is 987 g/mol. The van der Waals surface area contributed by atoms with Crippen LogP contribution in [-0.4, -0.2) is 193 Å². The Morgan fingerprint density at radius 1 is 0.487 bits per heavy atom. The van der Waals surface area contributed by atoms with Gasteiger partial charge in [0.15, 0.2) is 18.9 Å². The Morgan fingerprint density at radius 3 is 1.47 bits per heavy atom. The van der Waals surface area contributed by atoms with E-state index in [1.165, 1.54) is 32.1 Å². The molecule has 3 aliphatic heterocycles.